The van der Waals surface area contributed by atoms with Crippen LogP contribution in [0.25, 0.3) is 0 Å². The van der Waals surface area contributed by atoms with Crippen LogP contribution < -0.4 is 5.32 Å². The average molecular weight is 338 g/mol. The number of aliphatic hydroxyl groups excluding tert-OH is 1. The molecule has 2 aliphatic heterocycles. The highest BCUT2D eigenvalue weighted by molar-refractivity contribution is 5.67. The quantitative estimate of drug-likeness (QED) is 0.310. The number of nitrogens with one attached hydrogen (secondary N) is 1. The highest BCUT2D eigenvalue weighted by Gasteiger charge is 2.48. The fraction of sp³-hybridized carbons (Fsp3) is 0.917. The number of hydrogen-bond donors (Lipinski definition) is 4. The third-order valence-corrected chi connectivity index (χ3v) is 3.38. The molecule has 4 N–H and O–H groups in total. The molecule has 11 nitrogen and oxygen atoms in total. The summed E-state index contributed by atoms with van der Waals surface area (Å²) in [5.74, 6) is 0. The lowest BCUT2D eigenvalue weighted by Crippen LogP contribution is -2.38. The van der Waals surface area contributed by atoms with Crippen LogP contribution in [-0.4, -0.2) is 90.5 Å². The van der Waals surface area contributed by atoms with E-state index in [0.29, 0.717) is 0 Å². The van der Waals surface area contributed by atoms with Crippen LogP contribution in [0.2, 0.25) is 0 Å². The first-order valence-corrected chi connectivity index (χ1v) is 7.25. The molecule has 2 aliphatic rings. The van der Waals surface area contributed by atoms with Crippen molar-refractivity contribution in [1.82, 2.24) is 10.7 Å². The summed E-state index contributed by atoms with van der Waals surface area (Å²) in [5.41, 5.74) is 0. The van der Waals surface area contributed by atoms with E-state index >= 15 is 0 Å². The summed E-state index contributed by atoms with van der Waals surface area (Å²) < 4.78 is 21.0. The number of nitrogens with zero attached hydrogens (tertiary/aromatic N) is 1. The molecule has 0 aromatic rings. The van der Waals surface area contributed by atoms with Crippen molar-refractivity contribution in [3.63, 3.8) is 0 Å². The fourth-order valence-corrected chi connectivity index (χ4v) is 2.39. The van der Waals surface area contributed by atoms with Gasteiger partial charge in [0.05, 0.1) is 31.8 Å². The lowest BCUT2D eigenvalue weighted by Gasteiger charge is -2.17. The number of alkyl carbamates (subject to hydrolysis) is 1. The van der Waals surface area contributed by atoms with Gasteiger partial charge in [-0.15, -0.1) is 0 Å². The molecule has 0 aromatic carbocycles. The molecular formula is C12H22N2O9. The molecule has 1 amide bonds. The minimum atomic E-state index is -0.692. The third-order valence-electron chi connectivity index (χ3n) is 3.38. The van der Waals surface area contributed by atoms with Crippen LogP contribution in [0.15, 0.2) is 0 Å². The van der Waals surface area contributed by atoms with Gasteiger partial charge in [0.15, 0.2) is 6.10 Å². The normalized spacial score (nSPS) is 31.2. The number of fused-ring (bicyclic) bond motifs is 1. The Balaban J connectivity index is 1.54. The molecule has 0 bridgehead atoms. The smallest absolute Gasteiger partial charge is 0.407 e. The van der Waals surface area contributed by atoms with Crippen molar-refractivity contribution in [2.75, 3.05) is 33.0 Å². The molecule has 2 rings (SSSR count). The molecule has 134 valence electrons. The van der Waals surface area contributed by atoms with Gasteiger partial charge in [-0.25, -0.2) is 9.63 Å². The fourth-order valence-electron chi connectivity index (χ4n) is 2.39. The van der Waals surface area contributed by atoms with Gasteiger partial charge in [-0.1, -0.05) is 0 Å². The van der Waals surface area contributed by atoms with Gasteiger partial charge in [-0.05, 0) is 6.92 Å². The molecule has 11 heteroatoms. The Hall–Kier alpha value is -1.05. The lowest BCUT2D eigenvalue weighted by atomic mass is 10.1. The maximum atomic E-state index is 11.7. The van der Waals surface area contributed by atoms with E-state index in [-0.39, 0.29) is 38.4 Å². The maximum Gasteiger partial charge on any atom is 0.407 e. The Morgan fingerprint density at radius 1 is 1.35 bits per heavy atom. The first-order chi connectivity index (χ1) is 11.0. The van der Waals surface area contributed by atoms with E-state index in [2.05, 4.69) is 10.2 Å². The van der Waals surface area contributed by atoms with Crippen LogP contribution in [0, 0.1) is 0 Å². The average Bonchev–Trinajstić information content (AvgIpc) is 3.02. The minimum Gasteiger partial charge on any atom is -0.441 e. The van der Waals surface area contributed by atoms with Gasteiger partial charge >= 0.3 is 6.09 Å². The predicted molar refractivity (Wildman–Crippen MR) is 70.5 cm³/mol. The van der Waals surface area contributed by atoms with E-state index in [1.54, 1.807) is 6.92 Å². The van der Waals surface area contributed by atoms with Crippen molar-refractivity contribution >= 4 is 6.09 Å². The topological polar surface area (TPSA) is 139 Å². The second kappa shape index (κ2) is 8.70. The molecule has 0 spiro atoms. The Kier molecular flexibility index (Phi) is 6.92. The Morgan fingerprint density at radius 3 is 2.83 bits per heavy atom. The van der Waals surface area contributed by atoms with Gasteiger partial charge in [0, 0.05) is 6.54 Å². The molecule has 23 heavy (non-hydrogen) atoms. The van der Waals surface area contributed by atoms with E-state index in [0.717, 1.165) is 0 Å². The number of hydrogen-bond acceptors (Lipinski definition) is 10. The monoisotopic (exact) mass is 338 g/mol. The molecule has 1 unspecified atom stereocenters. The molecule has 0 saturated carbocycles. The summed E-state index contributed by atoms with van der Waals surface area (Å²) in [5, 5.41) is 28.5. The van der Waals surface area contributed by atoms with Crippen LogP contribution in [-0.2, 0) is 23.8 Å². The van der Waals surface area contributed by atoms with Gasteiger partial charge in [-0.3, -0.25) is 10.4 Å². The highest BCUT2D eigenvalue weighted by Crippen LogP contribution is 2.28. The zero-order chi connectivity index (χ0) is 16.8. The molecule has 2 saturated heterocycles. The number of carbonyl (C=O) groups is 1. The lowest BCUT2D eigenvalue weighted by molar-refractivity contribution is -0.504. The molecular weight excluding hydrogens is 316 g/mol. The van der Waals surface area contributed by atoms with E-state index in [1.807, 2.05) is 0 Å². The molecule has 2 fully saturated rings. The SMILES string of the molecule is CC(COCCNC(=O)O[C@@H]1CO[C@H]2[C@@H]1OC[C@H]2O)ON(O)O. The molecule has 0 aromatic heterocycles. The molecule has 0 radical (unpaired) electrons. The van der Waals surface area contributed by atoms with Crippen LogP contribution in [0.5, 0.6) is 0 Å². The van der Waals surface area contributed by atoms with Crippen molar-refractivity contribution in [2.45, 2.75) is 37.4 Å². The van der Waals surface area contributed by atoms with E-state index in [1.165, 1.54) is 0 Å². The third kappa shape index (κ3) is 5.51. The summed E-state index contributed by atoms with van der Waals surface area (Å²) in [6.45, 7) is 2.45. The number of rotatable bonds is 8. The van der Waals surface area contributed by atoms with Crippen LogP contribution >= 0.6 is 0 Å². The largest absolute Gasteiger partial charge is 0.441 e. The van der Waals surface area contributed by atoms with Gasteiger partial charge < -0.3 is 29.4 Å². The van der Waals surface area contributed by atoms with Crippen molar-refractivity contribution in [3.05, 3.63) is 0 Å². The summed E-state index contributed by atoms with van der Waals surface area (Å²) >= 11 is 0. The predicted octanol–water partition coefficient (Wildman–Crippen LogP) is -1.34. The highest BCUT2D eigenvalue weighted by atomic mass is 17.1. The summed E-state index contributed by atoms with van der Waals surface area (Å²) in [4.78, 5) is 16.1. The second-order valence-electron chi connectivity index (χ2n) is 5.28. The van der Waals surface area contributed by atoms with Crippen molar-refractivity contribution < 1.29 is 44.1 Å². The van der Waals surface area contributed by atoms with Gasteiger partial charge in [0.25, 0.3) is 0 Å². The number of ether oxygens (including phenoxy) is 4. The second-order valence-corrected chi connectivity index (χ2v) is 5.28. The van der Waals surface area contributed by atoms with Gasteiger partial charge in [0.1, 0.15) is 24.4 Å². The Bertz CT molecular complexity index is 384. The van der Waals surface area contributed by atoms with Crippen LogP contribution in [0.1, 0.15) is 6.92 Å². The van der Waals surface area contributed by atoms with Crippen molar-refractivity contribution in [1.29, 1.82) is 0 Å². The molecule has 2 heterocycles. The van der Waals surface area contributed by atoms with Gasteiger partial charge in [-0.2, -0.15) is 0 Å². The summed E-state index contributed by atoms with van der Waals surface area (Å²) in [6, 6.07) is 0. The maximum absolute atomic E-state index is 11.7. The van der Waals surface area contributed by atoms with E-state index < -0.39 is 36.6 Å². The molecule has 5 atom stereocenters. The van der Waals surface area contributed by atoms with Crippen molar-refractivity contribution in [3.8, 4) is 0 Å². The summed E-state index contributed by atoms with van der Waals surface area (Å²) in [7, 11) is 0. The number of carbonyl (C=O) groups excluding carboxylic acids is 1. The van der Waals surface area contributed by atoms with E-state index in [4.69, 9.17) is 29.4 Å². The van der Waals surface area contributed by atoms with Gasteiger partial charge in [0.2, 0.25) is 0 Å². The number of amides is 1. The Morgan fingerprint density at radius 2 is 2.09 bits per heavy atom. The van der Waals surface area contributed by atoms with Crippen LogP contribution in [0.3, 0.4) is 0 Å². The zero-order valence-electron chi connectivity index (χ0n) is 12.7. The standard InChI is InChI=1S/C12H22N2O9/c1-7(23-14(17)18)4-19-3-2-13-12(16)22-9-6-21-10-8(15)5-20-11(9)10/h7-11,15,17-18H,2-6H2,1H3,(H,13,16)/t7?,8-,9-,10-,11-/m1/s1. The number of aliphatic hydroxyl groups is 1. The zero-order valence-corrected chi connectivity index (χ0v) is 12.7. The summed E-state index contributed by atoms with van der Waals surface area (Å²) in [6.07, 6.45) is -3.32. The first-order valence-electron chi connectivity index (χ1n) is 7.25. The van der Waals surface area contributed by atoms with Crippen LogP contribution in [0.4, 0.5) is 4.79 Å². The first kappa shape index (κ1) is 18.3. The van der Waals surface area contributed by atoms with Crippen molar-refractivity contribution in [2.24, 2.45) is 0 Å². The van der Waals surface area contributed by atoms with E-state index in [9.17, 15) is 9.90 Å². The minimum absolute atomic E-state index is 0.111. The Labute approximate surface area is 132 Å². The molecule has 0 aliphatic carbocycles.